The van der Waals surface area contributed by atoms with E-state index < -0.39 is 0 Å². The van der Waals surface area contributed by atoms with Gasteiger partial charge in [0.05, 0.1) is 23.3 Å². The fourth-order valence-corrected chi connectivity index (χ4v) is 4.96. The van der Waals surface area contributed by atoms with Crippen LogP contribution in [-0.4, -0.2) is 0 Å². The molecule has 0 amide bonds. The lowest BCUT2D eigenvalue weighted by atomic mass is 9.85. The standard InChI is InChI=1S/C32H18N2/c33-19-21-9-13-23(14-10-21)25-17-18-26(24-15-11-22(20-34)12-16-24)32-30-8-4-2-6-28(30)27-5-1-3-7-29(27)31(25)32/h1-18H. The Kier molecular flexibility index (Phi) is 4.58. The summed E-state index contributed by atoms with van der Waals surface area (Å²) in [5, 5.41) is 25.8. The van der Waals surface area contributed by atoms with Crippen LogP contribution in [-0.2, 0) is 0 Å². The third kappa shape index (κ3) is 3.02. The number of hydrogen-bond donors (Lipinski definition) is 0. The van der Waals surface area contributed by atoms with Gasteiger partial charge in [0.15, 0.2) is 0 Å². The molecule has 6 rings (SSSR count). The monoisotopic (exact) mass is 430 g/mol. The fourth-order valence-electron chi connectivity index (χ4n) is 4.96. The minimum absolute atomic E-state index is 0.651. The van der Waals surface area contributed by atoms with E-state index in [1.165, 1.54) is 32.3 Å². The van der Waals surface area contributed by atoms with Gasteiger partial charge >= 0.3 is 0 Å². The Morgan fingerprint density at radius 1 is 0.382 bits per heavy atom. The molecular formula is C32H18N2. The molecule has 0 radical (unpaired) electrons. The molecule has 0 fully saturated rings. The highest BCUT2D eigenvalue weighted by molar-refractivity contribution is 6.31. The van der Waals surface area contributed by atoms with Crippen LogP contribution in [0.2, 0.25) is 0 Å². The van der Waals surface area contributed by atoms with Crippen molar-refractivity contribution >= 4 is 32.3 Å². The first-order valence-corrected chi connectivity index (χ1v) is 11.2. The summed E-state index contributed by atoms with van der Waals surface area (Å²) in [7, 11) is 0. The molecule has 34 heavy (non-hydrogen) atoms. The van der Waals surface area contributed by atoms with Crippen LogP contribution in [0.4, 0.5) is 0 Å². The lowest BCUT2D eigenvalue weighted by molar-refractivity contribution is 1.48. The van der Waals surface area contributed by atoms with E-state index in [9.17, 15) is 10.5 Å². The molecule has 156 valence electrons. The fraction of sp³-hybridized carbons (Fsp3) is 0. The number of benzene rings is 6. The van der Waals surface area contributed by atoms with Gasteiger partial charge in [0, 0.05) is 0 Å². The summed E-state index contributed by atoms with van der Waals surface area (Å²) in [5.74, 6) is 0. The molecule has 0 aromatic heterocycles. The van der Waals surface area contributed by atoms with E-state index in [4.69, 9.17) is 0 Å². The zero-order valence-corrected chi connectivity index (χ0v) is 18.3. The first-order valence-electron chi connectivity index (χ1n) is 11.2. The quantitative estimate of drug-likeness (QED) is 0.260. The smallest absolute Gasteiger partial charge is 0.0991 e. The Bertz CT molecular complexity index is 1660. The first-order chi connectivity index (χ1) is 16.8. The molecule has 0 saturated carbocycles. The van der Waals surface area contributed by atoms with Crippen molar-refractivity contribution in [3.8, 4) is 34.4 Å². The Morgan fingerprint density at radius 3 is 1.09 bits per heavy atom. The zero-order valence-electron chi connectivity index (χ0n) is 18.3. The van der Waals surface area contributed by atoms with Crippen LogP contribution >= 0.6 is 0 Å². The highest BCUT2D eigenvalue weighted by atomic mass is 14.2. The molecule has 6 aromatic rings. The van der Waals surface area contributed by atoms with Gasteiger partial charge in [-0.05, 0) is 78.8 Å². The van der Waals surface area contributed by atoms with Gasteiger partial charge in [-0.3, -0.25) is 0 Å². The summed E-state index contributed by atoms with van der Waals surface area (Å²) in [6.45, 7) is 0. The highest BCUT2D eigenvalue weighted by Crippen LogP contribution is 2.44. The Labute approximate surface area is 197 Å². The second kappa shape index (κ2) is 7.89. The third-order valence-electron chi connectivity index (χ3n) is 6.54. The molecule has 0 aliphatic rings. The molecule has 0 bridgehead atoms. The first kappa shape index (κ1) is 19.7. The predicted octanol–water partition coefficient (Wildman–Crippen LogP) is 8.22. The minimum atomic E-state index is 0.651. The predicted molar refractivity (Wildman–Crippen MR) is 139 cm³/mol. The molecule has 2 nitrogen and oxygen atoms in total. The second-order valence-corrected chi connectivity index (χ2v) is 8.38. The van der Waals surface area contributed by atoms with E-state index in [0.717, 1.165) is 22.3 Å². The van der Waals surface area contributed by atoms with Gasteiger partial charge in [-0.2, -0.15) is 10.5 Å². The van der Waals surface area contributed by atoms with Crippen LogP contribution < -0.4 is 0 Å². The SMILES string of the molecule is N#Cc1ccc(-c2ccc(-c3ccc(C#N)cc3)c3c4ccccc4c4ccccc4c23)cc1. The summed E-state index contributed by atoms with van der Waals surface area (Å²) >= 11 is 0. The van der Waals surface area contributed by atoms with Gasteiger partial charge in [-0.25, -0.2) is 0 Å². The maximum atomic E-state index is 9.26. The van der Waals surface area contributed by atoms with E-state index in [2.05, 4.69) is 72.8 Å². The Hall–Kier alpha value is -4.92. The van der Waals surface area contributed by atoms with Crippen LogP contribution in [0.3, 0.4) is 0 Å². The van der Waals surface area contributed by atoms with Crippen LogP contribution in [0, 0.1) is 22.7 Å². The van der Waals surface area contributed by atoms with Gasteiger partial charge < -0.3 is 0 Å². The van der Waals surface area contributed by atoms with Gasteiger partial charge in [-0.15, -0.1) is 0 Å². The second-order valence-electron chi connectivity index (χ2n) is 8.38. The van der Waals surface area contributed by atoms with E-state index in [0.29, 0.717) is 11.1 Å². The topological polar surface area (TPSA) is 47.6 Å². The normalized spacial score (nSPS) is 10.9. The molecule has 0 saturated heterocycles. The number of rotatable bonds is 2. The number of fused-ring (bicyclic) bond motifs is 6. The van der Waals surface area contributed by atoms with Gasteiger partial charge in [0.25, 0.3) is 0 Å². The highest BCUT2D eigenvalue weighted by Gasteiger charge is 2.16. The maximum absolute atomic E-state index is 9.26. The van der Waals surface area contributed by atoms with Gasteiger partial charge in [0.2, 0.25) is 0 Å². The van der Waals surface area contributed by atoms with Crippen molar-refractivity contribution in [2.75, 3.05) is 0 Å². The molecule has 2 heteroatoms. The molecule has 6 aromatic carbocycles. The molecule has 0 atom stereocenters. The lowest BCUT2D eigenvalue weighted by Gasteiger charge is -2.18. The lowest BCUT2D eigenvalue weighted by Crippen LogP contribution is -1.91. The van der Waals surface area contributed by atoms with Gasteiger partial charge in [0.1, 0.15) is 0 Å². The van der Waals surface area contributed by atoms with Crippen molar-refractivity contribution in [2.45, 2.75) is 0 Å². The summed E-state index contributed by atoms with van der Waals surface area (Å²) in [4.78, 5) is 0. The summed E-state index contributed by atoms with van der Waals surface area (Å²) in [5.41, 5.74) is 5.74. The summed E-state index contributed by atoms with van der Waals surface area (Å²) < 4.78 is 0. The average Bonchev–Trinajstić information content (AvgIpc) is 2.92. The van der Waals surface area contributed by atoms with Crippen molar-refractivity contribution in [1.29, 1.82) is 10.5 Å². The van der Waals surface area contributed by atoms with E-state index in [-0.39, 0.29) is 0 Å². The van der Waals surface area contributed by atoms with Gasteiger partial charge in [-0.1, -0.05) is 84.9 Å². The van der Waals surface area contributed by atoms with Crippen LogP contribution in [0.25, 0.3) is 54.6 Å². The number of nitriles is 2. The van der Waals surface area contributed by atoms with Crippen LogP contribution in [0.1, 0.15) is 11.1 Å². The maximum Gasteiger partial charge on any atom is 0.0991 e. The molecular weight excluding hydrogens is 412 g/mol. The molecule has 0 heterocycles. The van der Waals surface area contributed by atoms with E-state index in [1.807, 2.05) is 48.5 Å². The third-order valence-corrected chi connectivity index (χ3v) is 6.54. The van der Waals surface area contributed by atoms with Crippen molar-refractivity contribution in [3.63, 3.8) is 0 Å². The summed E-state index contributed by atoms with van der Waals surface area (Å²) in [6, 6.07) is 41.5. The van der Waals surface area contributed by atoms with Crippen molar-refractivity contribution in [3.05, 3.63) is 120 Å². The molecule has 0 unspecified atom stereocenters. The van der Waals surface area contributed by atoms with E-state index in [1.54, 1.807) is 0 Å². The summed E-state index contributed by atoms with van der Waals surface area (Å²) in [6.07, 6.45) is 0. The molecule has 0 N–H and O–H groups in total. The number of hydrogen-bond acceptors (Lipinski definition) is 2. The molecule has 0 aliphatic heterocycles. The minimum Gasteiger partial charge on any atom is -0.192 e. The van der Waals surface area contributed by atoms with Crippen molar-refractivity contribution in [2.24, 2.45) is 0 Å². The van der Waals surface area contributed by atoms with Crippen molar-refractivity contribution in [1.82, 2.24) is 0 Å². The van der Waals surface area contributed by atoms with Crippen molar-refractivity contribution < 1.29 is 0 Å². The zero-order chi connectivity index (χ0) is 23.1. The average molecular weight is 431 g/mol. The van der Waals surface area contributed by atoms with Crippen LogP contribution in [0.5, 0.6) is 0 Å². The Balaban J connectivity index is 1.81. The molecule has 0 spiro atoms. The van der Waals surface area contributed by atoms with Crippen LogP contribution in [0.15, 0.2) is 109 Å². The van der Waals surface area contributed by atoms with E-state index >= 15 is 0 Å². The molecule has 0 aliphatic carbocycles. The largest absolute Gasteiger partial charge is 0.192 e. The number of nitrogens with zero attached hydrogens (tertiary/aromatic N) is 2. The Morgan fingerprint density at radius 2 is 0.735 bits per heavy atom.